The number of carbonyl (C=O) groups is 5. The Balaban J connectivity index is 0.954. The molecule has 2 aliphatic carbocycles. The first-order valence-electron chi connectivity index (χ1n) is 23.6. The van der Waals surface area contributed by atoms with E-state index in [9.17, 15) is 32.9 Å². The zero-order valence-electron chi connectivity index (χ0n) is 37.5. The van der Waals surface area contributed by atoms with Crippen LogP contribution >= 0.6 is 18.8 Å². The average molecular weight is 935 g/mol. The maximum Gasteiger partial charge on any atom is 0.323 e. The Morgan fingerprint density at radius 3 is 2.48 bits per heavy atom. The summed E-state index contributed by atoms with van der Waals surface area (Å²) in [6.45, 7) is 4.09. The van der Waals surface area contributed by atoms with Gasteiger partial charge >= 0.3 is 5.97 Å². The van der Waals surface area contributed by atoms with Gasteiger partial charge in [0, 0.05) is 53.8 Å². The Kier molecular flexibility index (Phi) is 13.0. The summed E-state index contributed by atoms with van der Waals surface area (Å²) in [6, 6.07) is 13.7. The van der Waals surface area contributed by atoms with Crippen molar-refractivity contribution in [1.82, 2.24) is 29.8 Å². The Morgan fingerprint density at radius 2 is 1.78 bits per heavy atom. The molecule has 2 saturated carbocycles. The highest BCUT2D eigenvalue weighted by atomic mass is 32.1. The lowest BCUT2D eigenvalue weighted by molar-refractivity contribution is -0.148. The largest absolute Gasteiger partial charge is 0.465 e. The highest BCUT2D eigenvalue weighted by Gasteiger charge is 2.59. The number of halogens is 2. The minimum absolute atomic E-state index is 0.0136. The molecule has 0 radical (unpaired) electrons. The molecule has 5 heterocycles. The van der Waals surface area contributed by atoms with Crippen LogP contribution in [0.4, 0.5) is 8.78 Å². The van der Waals surface area contributed by atoms with Crippen molar-refractivity contribution in [2.24, 2.45) is 0 Å². The number of ether oxygens (including phenoxy) is 1. The van der Waals surface area contributed by atoms with Gasteiger partial charge in [-0.1, -0.05) is 43.3 Å². The standard InChI is InChI=1S/C48H61F2N6O7PS/c1-4-21-63-47(61)29(2)52-64(62,55-20-8-11-42(55)57)43(50)31-12-17-40-32(22-31)23-41(65-40)44(58)51-38-15-13-35(53(3)37-24-34(49)25-37)26-36-14-16-39(56(36)45(38)59)46(60)54-28-33(27-48(54)18-19-48)30-9-6-5-7-10-30/h5-7,9-10,12,17,22-23,29,33-39,43H,4,8,11,13-16,18-21,24-28H2,1-3H3,(H,51,58)(H,52,62)/t29-,33+,34?,35-,36+,37?,38-,39-,43+,64?/m0/s1. The lowest BCUT2D eigenvalue weighted by atomic mass is 9.86. The Bertz CT molecular complexity index is 2360. The van der Waals surface area contributed by atoms with Gasteiger partial charge in [-0.3, -0.25) is 33.2 Å². The fourth-order valence-electron chi connectivity index (χ4n) is 11.2. The highest BCUT2D eigenvalue weighted by Crippen LogP contribution is 2.61. The van der Waals surface area contributed by atoms with Gasteiger partial charge in [-0.2, -0.15) is 0 Å². The fourth-order valence-corrected chi connectivity index (χ4v) is 14.7. The van der Waals surface area contributed by atoms with Crippen LogP contribution < -0.4 is 10.4 Å². The van der Waals surface area contributed by atoms with Gasteiger partial charge in [-0.15, -0.1) is 11.3 Å². The lowest BCUT2D eigenvalue weighted by Gasteiger charge is -2.45. The van der Waals surface area contributed by atoms with E-state index >= 15 is 4.39 Å². The molecule has 6 aliphatic rings. The molecule has 65 heavy (non-hydrogen) atoms. The molecule has 13 nitrogen and oxygen atoms in total. The first-order chi connectivity index (χ1) is 31.2. The third-order valence-corrected chi connectivity index (χ3v) is 19.0. The molecule has 1 spiro atoms. The monoisotopic (exact) mass is 934 g/mol. The number of thiophene rings is 1. The molecule has 350 valence electrons. The molecule has 4 amide bonds. The van der Waals surface area contributed by atoms with E-state index in [1.807, 2.05) is 32.2 Å². The number of fused-ring (bicyclic) bond motifs is 2. The number of likely N-dealkylation sites (tertiary alicyclic amines) is 1. The summed E-state index contributed by atoms with van der Waals surface area (Å²) in [5.74, 6) is -3.91. The number of rotatable bonds is 14. The van der Waals surface area contributed by atoms with Crippen LogP contribution in [0.3, 0.4) is 0 Å². The molecule has 4 saturated heterocycles. The van der Waals surface area contributed by atoms with Gasteiger partial charge in [0.15, 0.2) is 0 Å². The van der Waals surface area contributed by atoms with Crippen LogP contribution in [0.15, 0.2) is 54.6 Å². The number of nitrogens with zero attached hydrogens (tertiary/aromatic N) is 4. The van der Waals surface area contributed by atoms with Gasteiger partial charge in [0.2, 0.25) is 23.6 Å². The average Bonchev–Trinajstić information content (AvgIpc) is 3.66. The Morgan fingerprint density at radius 1 is 1.02 bits per heavy atom. The molecule has 1 unspecified atom stereocenters. The maximum absolute atomic E-state index is 16.8. The Labute approximate surface area is 383 Å². The smallest absolute Gasteiger partial charge is 0.323 e. The fraction of sp³-hybridized carbons (Fsp3) is 0.604. The quantitative estimate of drug-likeness (QED) is 0.123. The topological polar surface area (TPSA) is 149 Å². The van der Waals surface area contributed by atoms with Crippen molar-refractivity contribution >= 4 is 58.5 Å². The van der Waals surface area contributed by atoms with Crippen LogP contribution in [0.1, 0.15) is 130 Å². The van der Waals surface area contributed by atoms with E-state index in [1.54, 1.807) is 17.0 Å². The zero-order chi connectivity index (χ0) is 45.8. The summed E-state index contributed by atoms with van der Waals surface area (Å²) in [7, 11) is -2.35. The Hall–Kier alpha value is -4.24. The van der Waals surface area contributed by atoms with Crippen molar-refractivity contribution in [3.63, 3.8) is 0 Å². The first-order valence-corrected chi connectivity index (χ1v) is 26.1. The van der Waals surface area contributed by atoms with E-state index in [0.717, 1.165) is 23.9 Å². The van der Waals surface area contributed by atoms with Gasteiger partial charge in [-0.25, -0.2) is 13.9 Å². The van der Waals surface area contributed by atoms with Crippen molar-refractivity contribution in [3.8, 4) is 0 Å². The molecule has 6 fully saturated rings. The van der Waals surface area contributed by atoms with Gasteiger partial charge < -0.3 is 24.8 Å². The first kappa shape index (κ1) is 45.9. The van der Waals surface area contributed by atoms with E-state index in [4.69, 9.17) is 4.74 Å². The third-order valence-electron chi connectivity index (χ3n) is 15.1. The SMILES string of the molecule is CCCOC(=O)[C@H](C)NP(=O)([C@@H](F)c1ccc2sc(C(=O)N[C@H]3CC[C@H](N(C)C4CC(F)C4)C[C@H]4CC[C@@H](C(=O)N5C[C@H](c6ccccc6)CC56CC6)N4C3=O)cc2c1)N1CCCC1=O. The number of hydrogen-bond donors (Lipinski definition) is 2. The molecule has 17 heteroatoms. The van der Waals surface area contributed by atoms with Gasteiger partial charge in [0.25, 0.3) is 13.4 Å². The second kappa shape index (κ2) is 18.4. The van der Waals surface area contributed by atoms with Gasteiger partial charge in [-0.05, 0) is 126 Å². The summed E-state index contributed by atoms with van der Waals surface area (Å²) in [5.41, 5.74) is 1.04. The highest BCUT2D eigenvalue weighted by molar-refractivity contribution is 7.60. The number of esters is 1. The van der Waals surface area contributed by atoms with Crippen LogP contribution in [0.5, 0.6) is 0 Å². The zero-order valence-corrected chi connectivity index (χ0v) is 39.2. The van der Waals surface area contributed by atoms with E-state index in [0.29, 0.717) is 74.4 Å². The summed E-state index contributed by atoms with van der Waals surface area (Å²) < 4.78 is 52.4. The van der Waals surface area contributed by atoms with Crippen molar-refractivity contribution in [1.29, 1.82) is 0 Å². The number of nitrogens with one attached hydrogen (secondary N) is 2. The van der Waals surface area contributed by atoms with E-state index < -0.39 is 55.4 Å². The molecule has 8 atom stereocenters. The van der Waals surface area contributed by atoms with E-state index in [2.05, 4.69) is 32.3 Å². The maximum atomic E-state index is 16.8. The number of hydrogen-bond acceptors (Lipinski definition) is 9. The molecule has 0 bridgehead atoms. The third kappa shape index (κ3) is 8.89. The molecule has 1 aromatic heterocycles. The van der Waals surface area contributed by atoms with Crippen LogP contribution in [0, 0.1) is 0 Å². The molecule has 3 aromatic rings. The van der Waals surface area contributed by atoms with Crippen LogP contribution in [0.25, 0.3) is 10.1 Å². The second-order valence-corrected chi connectivity index (χ2v) is 22.9. The lowest BCUT2D eigenvalue weighted by Crippen LogP contribution is -2.59. The molecular formula is C48H61F2N6O7PS. The molecular weight excluding hydrogens is 874 g/mol. The summed E-state index contributed by atoms with van der Waals surface area (Å²) in [4.78, 5) is 75.9. The van der Waals surface area contributed by atoms with E-state index in [1.165, 1.54) is 36.0 Å². The van der Waals surface area contributed by atoms with Gasteiger partial charge in [0.1, 0.15) is 24.3 Å². The van der Waals surface area contributed by atoms with Crippen LogP contribution in [0.2, 0.25) is 0 Å². The number of alkyl halides is 2. The summed E-state index contributed by atoms with van der Waals surface area (Å²) >= 11 is 1.17. The second-order valence-electron chi connectivity index (χ2n) is 19.4. The van der Waals surface area contributed by atoms with Crippen molar-refractivity contribution in [2.45, 2.75) is 157 Å². The van der Waals surface area contributed by atoms with Crippen molar-refractivity contribution in [2.75, 3.05) is 26.7 Å². The minimum Gasteiger partial charge on any atom is -0.465 e. The summed E-state index contributed by atoms with van der Waals surface area (Å²) in [6.07, 6.45) is 6.80. The van der Waals surface area contributed by atoms with Crippen molar-refractivity contribution in [3.05, 3.63) is 70.6 Å². The molecule has 9 rings (SSSR count). The van der Waals surface area contributed by atoms with Crippen LogP contribution in [-0.4, -0.2) is 124 Å². The van der Waals surface area contributed by atoms with Crippen LogP contribution in [-0.2, 0) is 28.5 Å². The van der Waals surface area contributed by atoms with E-state index in [-0.39, 0.29) is 71.4 Å². The molecule has 2 N–H and O–H groups in total. The molecule has 2 aromatic carbocycles. The summed E-state index contributed by atoms with van der Waals surface area (Å²) in [5, 5.41) is 6.21. The van der Waals surface area contributed by atoms with Crippen molar-refractivity contribution < 1.29 is 42.1 Å². The minimum atomic E-state index is -4.38. The normalized spacial score (nSPS) is 29.3. The predicted molar refractivity (Wildman–Crippen MR) is 244 cm³/mol. The number of carbonyl (C=O) groups excluding carboxylic acids is 5. The molecule has 4 aliphatic heterocycles. The number of benzene rings is 2. The van der Waals surface area contributed by atoms with Gasteiger partial charge in [0.05, 0.1) is 11.5 Å². The predicted octanol–water partition coefficient (Wildman–Crippen LogP) is 7.61. The number of amides is 4.